The van der Waals surface area contributed by atoms with Crippen LogP contribution in [0.2, 0.25) is 5.02 Å². The molecule has 1 aliphatic heterocycles. The molecular weight excluding hydrogens is 250 g/mol. The molecule has 1 aromatic carbocycles. The SMILES string of the molecule is CC1(C)COCCN1CC(=O)c1ccccc1Cl. The molecule has 0 N–H and O–H groups in total. The number of carbonyl (C=O) groups is 1. The first-order valence-electron chi connectivity index (χ1n) is 6.11. The van der Waals surface area contributed by atoms with Crippen molar-refractivity contribution in [2.45, 2.75) is 19.4 Å². The van der Waals surface area contributed by atoms with Gasteiger partial charge in [-0.05, 0) is 26.0 Å². The van der Waals surface area contributed by atoms with Gasteiger partial charge in [-0.1, -0.05) is 23.7 Å². The summed E-state index contributed by atoms with van der Waals surface area (Å²) in [4.78, 5) is 14.4. The lowest BCUT2D eigenvalue weighted by atomic mass is 10.0. The lowest BCUT2D eigenvalue weighted by Gasteiger charge is -2.41. The van der Waals surface area contributed by atoms with Gasteiger partial charge in [-0.25, -0.2) is 0 Å². The van der Waals surface area contributed by atoms with Gasteiger partial charge in [0.1, 0.15) is 0 Å². The van der Waals surface area contributed by atoms with Gasteiger partial charge in [-0.3, -0.25) is 9.69 Å². The Bertz CT molecular complexity index is 445. The van der Waals surface area contributed by atoms with E-state index in [0.717, 1.165) is 6.54 Å². The first kappa shape index (κ1) is 13.5. The minimum atomic E-state index is -0.102. The molecule has 0 aromatic heterocycles. The van der Waals surface area contributed by atoms with E-state index < -0.39 is 0 Å². The summed E-state index contributed by atoms with van der Waals surface area (Å²) >= 11 is 6.04. The van der Waals surface area contributed by atoms with Crippen LogP contribution in [0.25, 0.3) is 0 Å². The Balaban J connectivity index is 2.10. The summed E-state index contributed by atoms with van der Waals surface area (Å²) in [7, 11) is 0. The summed E-state index contributed by atoms with van der Waals surface area (Å²) in [5.41, 5.74) is 0.497. The monoisotopic (exact) mass is 267 g/mol. The molecule has 0 amide bonds. The van der Waals surface area contributed by atoms with Crippen molar-refractivity contribution < 1.29 is 9.53 Å². The number of halogens is 1. The highest BCUT2D eigenvalue weighted by molar-refractivity contribution is 6.34. The Hall–Kier alpha value is -0.900. The summed E-state index contributed by atoms with van der Waals surface area (Å²) < 4.78 is 5.45. The van der Waals surface area contributed by atoms with Crippen LogP contribution in [0.4, 0.5) is 0 Å². The van der Waals surface area contributed by atoms with E-state index in [1.54, 1.807) is 12.1 Å². The molecule has 0 aliphatic carbocycles. The molecule has 0 bridgehead atoms. The predicted octanol–water partition coefficient (Wildman–Crippen LogP) is 2.63. The van der Waals surface area contributed by atoms with Gasteiger partial charge in [0, 0.05) is 17.6 Å². The number of ether oxygens (including phenoxy) is 1. The summed E-state index contributed by atoms with van der Waals surface area (Å²) in [5.74, 6) is 0.0653. The highest BCUT2D eigenvalue weighted by Gasteiger charge is 2.32. The van der Waals surface area contributed by atoms with Crippen molar-refractivity contribution in [1.29, 1.82) is 0 Å². The van der Waals surface area contributed by atoms with Crippen LogP contribution in [-0.2, 0) is 4.74 Å². The second-order valence-electron chi connectivity index (χ2n) is 5.19. The van der Waals surface area contributed by atoms with E-state index >= 15 is 0 Å². The second-order valence-corrected chi connectivity index (χ2v) is 5.60. The molecule has 18 heavy (non-hydrogen) atoms. The van der Waals surface area contributed by atoms with Crippen molar-refractivity contribution in [2.24, 2.45) is 0 Å². The van der Waals surface area contributed by atoms with E-state index in [1.165, 1.54) is 0 Å². The molecule has 0 atom stereocenters. The van der Waals surface area contributed by atoms with E-state index in [9.17, 15) is 4.79 Å². The number of carbonyl (C=O) groups excluding carboxylic acids is 1. The van der Waals surface area contributed by atoms with Gasteiger partial charge in [0.25, 0.3) is 0 Å². The molecule has 1 saturated heterocycles. The second kappa shape index (κ2) is 5.39. The Morgan fingerprint density at radius 3 is 2.83 bits per heavy atom. The molecule has 1 fully saturated rings. The molecular formula is C14H18ClNO2. The quantitative estimate of drug-likeness (QED) is 0.789. The Morgan fingerprint density at radius 1 is 1.44 bits per heavy atom. The van der Waals surface area contributed by atoms with Crippen LogP contribution >= 0.6 is 11.6 Å². The third-order valence-electron chi connectivity index (χ3n) is 3.33. The van der Waals surface area contributed by atoms with Gasteiger partial charge in [-0.2, -0.15) is 0 Å². The molecule has 0 saturated carbocycles. The topological polar surface area (TPSA) is 29.5 Å². The maximum absolute atomic E-state index is 12.3. The van der Waals surface area contributed by atoms with E-state index in [1.807, 2.05) is 12.1 Å². The third-order valence-corrected chi connectivity index (χ3v) is 3.66. The van der Waals surface area contributed by atoms with Crippen LogP contribution < -0.4 is 0 Å². The number of hydrogen-bond acceptors (Lipinski definition) is 3. The fourth-order valence-corrected chi connectivity index (χ4v) is 2.37. The van der Waals surface area contributed by atoms with E-state index in [2.05, 4.69) is 18.7 Å². The molecule has 98 valence electrons. The van der Waals surface area contributed by atoms with E-state index in [0.29, 0.717) is 30.3 Å². The van der Waals surface area contributed by atoms with Crippen LogP contribution in [0.1, 0.15) is 24.2 Å². The number of nitrogens with zero attached hydrogens (tertiary/aromatic N) is 1. The zero-order chi connectivity index (χ0) is 13.2. The van der Waals surface area contributed by atoms with Gasteiger partial charge >= 0.3 is 0 Å². The summed E-state index contributed by atoms with van der Waals surface area (Å²) in [6.45, 7) is 6.68. The van der Waals surface area contributed by atoms with Crippen molar-refractivity contribution in [3.8, 4) is 0 Å². The average Bonchev–Trinajstić information content (AvgIpc) is 2.32. The van der Waals surface area contributed by atoms with Crippen LogP contribution in [0, 0.1) is 0 Å². The predicted molar refractivity (Wildman–Crippen MR) is 72.3 cm³/mol. The lowest BCUT2D eigenvalue weighted by molar-refractivity contribution is -0.0467. The molecule has 2 rings (SSSR count). The van der Waals surface area contributed by atoms with E-state index in [4.69, 9.17) is 16.3 Å². The zero-order valence-corrected chi connectivity index (χ0v) is 11.5. The molecule has 4 heteroatoms. The minimum Gasteiger partial charge on any atom is -0.378 e. The third kappa shape index (κ3) is 2.91. The summed E-state index contributed by atoms with van der Waals surface area (Å²) in [5, 5.41) is 0.522. The number of Topliss-reactive ketones (excluding diaryl/α,β-unsaturated/α-hetero) is 1. The molecule has 1 heterocycles. The smallest absolute Gasteiger partial charge is 0.178 e. The van der Waals surface area contributed by atoms with Gasteiger partial charge in [0.2, 0.25) is 0 Å². The number of benzene rings is 1. The summed E-state index contributed by atoms with van der Waals surface area (Å²) in [6.07, 6.45) is 0. The van der Waals surface area contributed by atoms with Crippen LogP contribution in [0.5, 0.6) is 0 Å². The minimum absolute atomic E-state index is 0.0653. The number of hydrogen-bond donors (Lipinski definition) is 0. The average molecular weight is 268 g/mol. The molecule has 0 spiro atoms. The van der Waals surface area contributed by atoms with E-state index in [-0.39, 0.29) is 11.3 Å². The molecule has 3 nitrogen and oxygen atoms in total. The van der Waals surface area contributed by atoms with Crippen molar-refractivity contribution in [3.63, 3.8) is 0 Å². The van der Waals surface area contributed by atoms with Gasteiger partial charge in [-0.15, -0.1) is 0 Å². The largest absolute Gasteiger partial charge is 0.378 e. The Labute approximate surface area is 113 Å². The van der Waals surface area contributed by atoms with Crippen molar-refractivity contribution in [3.05, 3.63) is 34.9 Å². The van der Waals surface area contributed by atoms with Crippen LogP contribution in [0.3, 0.4) is 0 Å². The Morgan fingerprint density at radius 2 is 2.17 bits per heavy atom. The Kier molecular flexibility index (Phi) is 4.05. The highest BCUT2D eigenvalue weighted by atomic mass is 35.5. The molecule has 0 radical (unpaired) electrons. The maximum atomic E-state index is 12.3. The zero-order valence-electron chi connectivity index (χ0n) is 10.8. The normalized spacial score (nSPS) is 19.7. The van der Waals surface area contributed by atoms with Crippen molar-refractivity contribution in [1.82, 2.24) is 4.90 Å². The fourth-order valence-electron chi connectivity index (χ4n) is 2.13. The van der Waals surface area contributed by atoms with Crippen molar-refractivity contribution >= 4 is 17.4 Å². The highest BCUT2D eigenvalue weighted by Crippen LogP contribution is 2.21. The standard InChI is InChI=1S/C14H18ClNO2/c1-14(2)10-18-8-7-16(14)9-13(17)11-5-3-4-6-12(11)15/h3-6H,7-10H2,1-2H3. The number of ketones is 1. The van der Waals surface area contributed by atoms with Crippen LogP contribution in [0.15, 0.2) is 24.3 Å². The first-order chi connectivity index (χ1) is 8.50. The van der Waals surface area contributed by atoms with Gasteiger partial charge in [0.15, 0.2) is 5.78 Å². The maximum Gasteiger partial charge on any atom is 0.178 e. The number of rotatable bonds is 3. The van der Waals surface area contributed by atoms with Crippen LogP contribution in [-0.4, -0.2) is 42.5 Å². The summed E-state index contributed by atoms with van der Waals surface area (Å²) in [6, 6.07) is 7.19. The number of morpholine rings is 1. The lowest BCUT2D eigenvalue weighted by Crippen LogP contribution is -2.54. The first-order valence-corrected chi connectivity index (χ1v) is 6.49. The van der Waals surface area contributed by atoms with Gasteiger partial charge < -0.3 is 4.74 Å². The molecule has 1 aromatic rings. The van der Waals surface area contributed by atoms with Crippen molar-refractivity contribution in [2.75, 3.05) is 26.3 Å². The molecule has 1 aliphatic rings. The van der Waals surface area contributed by atoms with Gasteiger partial charge in [0.05, 0.1) is 24.8 Å². The molecule has 0 unspecified atom stereocenters. The fraction of sp³-hybridized carbons (Fsp3) is 0.500.